The van der Waals surface area contributed by atoms with Gasteiger partial charge in [0.15, 0.2) is 0 Å². The smallest absolute Gasteiger partial charge is 0.0700 e. The first-order valence-corrected chi connectivity index (χ1v) is 6.15. The van der Waals surface area contributed by atoms with Crippen molar-refractivity contribution >= 4 is 0 Å². The zero-order chi connectivity index (χ0) is 11.0. The summed E-state index contributed by atoms with van der Waals surface area (Å²) in [7, 11) is 1.70. The number of ether oxygens (including phenoxy) is 2. The quantitative estimate of drug-likeness (QED) is 0.596. The molecule has 1 aliphatic rings. The van der Waals surface area contributed by atoms with Crippen molar-refractivity contribution in [3.05, 3.63) is 0 Å². The Bertz CT molecular complexity index is 152. The van der Waals surface area contributed by atoms with E-state index in [0.29, 0.717) is 12.1 Å². The molecule has 0 aromatic carbocycles. The van der Waals surface area contributed by atoms with Gasteiger partial charge in [-0.1, -0.05) is 6.92 Å². The van der Waals surface area contributed by atoms with Gasteiger partial charge in [0, 0.05) is 19.3 Å². The summed E-state index contributed by atoms with van der Waals surface area (Å²) in [6.45, 7) is 5.62. The summed E-state index contributed by atoms with van der Waals surface area (Å²) in [6, 6.07) is 0. The lowest BCUT2D eigenvalue weighted by Crippen LogP contribution is -2.50. The van der Waals surface area contributed by atoms with Crippen molar-refractivity contribution in [2.75, 3.05) is 33.5 Å². The van der Waals surface area contributed by atoms with Crippen LogP contribution in [0.1, 0.15) is 39.0 Å². The highest BCUT2D eigenvalue weighted by molar-refractivity contribution is 4.94. The van der Waals surface area contributed by atoms with Crippen LogP contribution in [0, 0.1) is 0 Å². The second-order valence-corrected chi connectivity index (χ2v) is 4.37. The largest absolute Gasteiger partial charge is 0.382 e. The first kappa shape index (κ1) is 12.9. The predicted octanol–water partition coefficient (Wildman–Crippen LogP) is 1.96. The Hall–Kier alpha value is -0.120. The lowest BCUT2D eigenvalue weighted by molar-refractivity contribution is 0.0672. The molecule has 0 radical (unpaired) electrons. The zero-order valence-corrected chi connectivity index (χ0v) is 10.2. The monoisotopic (exact) mass is 215 g/mol. The minimum absolute atomic E-state index is 0.479. The van der Waals surface area contributed by atoms with Crippen LogP contribution in [0.25, 0.3) is 0 Å². The average molecular weight is 215 g/mol. The average Bonchev–Trinajstić information content (AvgIpc) is 2.20. The predicted molar refractivity (Wildman–Crippen MR) is 62.2 cm³/mol. The molecule has 0 spiro atoms. The summed E-state index contributed by atoms with van der Waals surface area (Å²) in [5.41, 5.74) is 0.479. The van der Waals surface area contributed by atoms with Crippen LogP contribution < -0.4 is 5.32 Å². The molecule has 1 fully saturated rings. The minimum Gasteiger partial charge on any atom is -0.382 e. The van der Waals surface area contributed by atoms with Gasteiger partial charge in [0.1, 0.15) is 0 Å². The third-order valence-electron chi connectivity index (χ3n) is 3.38. The zero-order valence-electron chi connectivity index (χ0n) is 10.2. The molecule has 15 heavy (non-hydrogen) atoms. The van der Waals surface area contributed by atoms with E-state index in [-0.39, 0.29) is 0 Å². The van der Waals surface area contributed by atoms with Crippen molar-refractivity contribution in [2.45, 2.75) is 44.6 Å². The molecule has 0 aromatic heterocycles. The lowest BCUT2D eigenvalue weighted by Gasteiger charge is -2.42. The van der Waals surface area contributed by atoms with Crippen molar-refractivity contribution in [3.8, 4) is 0 Å². The first-order valence-electron chi connectivity index (χ1n) is 6.15. The third-order valence-corrected chi connectivity index (χ3v) is 3.38. The molecule has 1 N–H and O–H groups in total. The normalized spacial score (nSPS) is 18.8. The summed E-state index contributed by atoms with van der Waals surface area (Å²) in [5, 5.41) is 3.66. The fourth-order valence-corrected chi connectivity index (χ4v) is 2.03. The number of nitrogens with one attached hydrogen (secondary N) is 1. The molecule has 0 aromatic rings. The van der Waals surface area contributed by atoms with E-state index >= 15 is 0 Å². The molecule has 0 aliphatic heterocycles. The molecule has 1 aliphatic carbocycles. The molecule has 1 saturated carbocycles. The van der Waals surface area contributed by atoms with Gasteiger partial charge in [-0.15, -0.1) is 0 Å². The van der Waals surface area contributed by atoms with Gasteiger partial charge in [-0.3, -0.25) is 0 Å². The van der Waals surface area contributed by atoms with E-state index in [9.17, 15) is 0 Å². The van der Waals surface area contributed by atoms with Gasteiger partial charge in [0.2, 0.25) is 0 Å². The third kappa shape index (κ3) is 4.49. The summed E-state index contributed by atoms with van der Waals surface area (Å²) in [4.78, 5) is 0. The van der Waals surface area contributed by atoms with Crippen LogP contribution in [-0.4, -0.2) is 39.0 Å². The summed E-state index contributed by atoms with van der Waals surface area (Å²) in [6.07, 6.45) is 6.47. The van der Waals surface area contributed by atoms with Crippen LogP contribution in [0.5, 0.6) is 0 Å². The molecule has 3 nitrogen and oxygen atoms in total. The number of hydrogen-bond acceptors (Lipinski definition) is 3. The Morgan fingerprint density at radius 1 is 1.20 bits per heavy atom. The van der Waals surface area contributed by atoms with Gasteiger partial charge in [-0.2, -0.15) is 0 Å². The van der Waals surface area contributed by atoms with Crippen LogP contribution >= 0.6 is 0 Å². The van der Waals surface area contributed by atoms with E-state index in [1.165, 1.54) is 25.7 Å². The molecular formula is C12H25NO2. The molecule has 0 amide bonds. The minimum atomic E-state index is 0.479. The summed E-state index contributed by atoms with van der Waals surface area (Å²) >= 11 is 0. The second-order valence-electron chi connectivity index (χ2n) is 4.37. The van der Waals surface area contributed by atoms with E-state index in [1.807, 2.05) is 0 Å². The fourth-order valence-electron chi connectivity index (χ4n) is 2.03. The Balaban J connectivity index is 1.88. The second kappa shape index (κ2) is 7.20. The topological polar surface area (TPSA) is 30.5 Å². The van der Waals surface area contributed by atoms with Crippen LogP contribution in [0.4, 0.5) is 0 Å². The van der Waals surface area contributed by atoms with Gasteiger partial charge >= 0.3 is 0 Å². The van der Waals surface area contributed by atoms with Crippen molar-refractivity contribution in [1.29, 1.82) is 0 Å². The maximum absolute atomic E-state index is 5.41. The Kier molecular flexibility index (Phi) is 6.22. The van der Waals surface area contributed by atoms with Gasteiger partial charge in [0.25, 0.3) is 0 Å². The van der Waals surface area contributed by atoms with Gasteiger partial charge in [-0.25, -0.2) is 0 Å². The summed E-state index contributed by atoms with van der Waals surface area (Å²) < 4.78 is 10.3. The molecule has 3 heteroatoms. The highest BCUT2D eigenvalue weighted by Gasteiger charge is 2.33. The Morgan fingerprint density at radius 2 is 2.00 bits per heavy atom. The maximum Gasteiger partial charge on any atom is 0.0700 e. The van der Waals surface area contributed by atoms with Gasteiger partial charge in [0.05, 0.1) is 13.2 Å². The van der Waals surface area contributed by atoms with E-state index in [2.05, 4.69) is 12.2 Å². The molecule has 0 unspecified atom stereocenters. The Labute approximate surface area is 93.5 Å². The first-order chi connectivity index (χ1) is 7.33. The van der Waals surface area contributed by atoms with E-state index in [1.54, 1.807) is 7.11 Å². The van der Waals surface area contributed by atoms with Gasteiger partial charge in [-0.05, 0) is 38.6 Å². The molecule has 0 saturated heterocycles. The highest BCUT2D eigenvalue weighted by Crippen LogP contribution is 2.34. The maximum atomic E-state index is 5.41. The van der Waals surface area contributed by atoms with Crippen molar-refractivity contribution in [2.24, 2.45) is 0 Å². The van der Waals surface area contributed by atoms with E-state index in [4.69, 9.17) is 9.47 Å². The van der Waals surface area contributed by atoms with Crippen LogP contribution in [0.15, 0.2) is 0 Å². The highest BCUT2D eigenvalue weighted by atomic mass is 16.5. The molecule has 90 valence electrons. The molecule has 0 atom stereocenters. The molecule has 0 bridgehead atoms. The molecular weight excluding hydrogens is 190 g/mol. The fraction of sp³-hybridized carbons (Fsp3) is 1.00. The number of methoxy groups -OCH3 is 1. The SMILES string of the molecule is CCC1(NCCCOCCOC)CCC1. The Morgan fingerprint density at radius 3 is 2.53 bits per heavy atom. The van der Waals surface area contributed by atoms with Crippen LogP contribution in [0.2, 0.25) is 0 Å². The van der Waals surface area contributed by atoms with Crippen LogP contribution in [0.3, 0.4) is 0 Å². The van der Waals surface area contributed by atoms with Crippen LogP contribution in [-0.2, 0) is 9.47 Å². The number of hydrogen-bond donors (Lipinski definition) is 1. The van der Waals surface area contributed by atoms with Crippen molar-refractivity contribution in [3.63, 3.8) is 0 Å². The lowest BCUT2D eigenvalue weighted by atomic mass is 9.75. The number of rotatable bonds is 9. The van der Waals surface area contributed by atoms with E-state index in [0.717, 1.165) is 26.2 Å². The van der Waals surface area contributed by atoms with Crippen molar-refractivity contribution < 1.29 is 9.47 Å². The van der Waals surface area contributed by atoms with E-state index < -0.39 is 0 Å². The molecule has 0 heterocycles. The van der Waals surface area contributed by atoms with Gasteiger partial charge < -0.3 is 14.8 Å². The molecule has 1 rings (SSSR count). The van der Waals surface area contributed by atoms with Crippen molar-refractivity contribution in [1.82, 2.24) is 5.32 Å². The summed E-state index contributed by atoms with van der Waals surface area (Å²) in [5.74, 6) is 0. The standard InChI is InChI=1S/C12H25NO2/c1-3-12(6-4-7-12)13-8-5-9-15-11-10-14-2/h13H,3-11H2,1-2H3.